The zero-order valence-electron chi connectivity index (χ0n) is 23.8. The molecular weight excluding hydrogens is 560 g/mol. The number of benzene rings is 2. The fourth-order valence-corrected chi connectivity index (χ4v) is 8.00. The summed E-state index contributed by atoms with van der Waals surface area (Å²) < 4.78 is 40.2. The summed E-state index contributed by atoms with van der Waals surface area (Å²) in [5.74, 6) is 1.21. The van der Waals surface area contributed by atoms with Gasteiger partial charge in [-0.2, -0.15) is 0 Å². The fraction of sp³-hybridized carbons (Fsp3) is 0.467. The quantitative estimate of drug-likeness (QED) is 0.200. The smallest absolute Gasteiger partial charge is 0.293 e. The Morgan fingerprint density at radius 2 is 1.83 bits per heavy atom. The number of aromatic nitrogens is 3. The van der Waals surface area contributed by atoms with Gasteiger partial charge in [0.1, 0.15) is 5.60 Å². The van der Waals surface area contributed by atoms with E-state index in [1.54, 1.807) is 19.9 Å². The van der Waals surface area contributed by atoms with E-state index in [9.17, 15) is 13.2 Å². The summed E-state index contributed by atoms with van der Waals surface area (Å²) in [6.07, 6.45) is 7.16. The molecule has 0 aliphatic heterocycles. The minimum atomic E-state index is -3.70. The van der Waals surface area contributed by atoms with E-state index in [2.05, 4.69) is 14.9 Å². The number of ether oxygens (including phenoxy) is 1. The highest BCUT2D eigenvalue weighted by Gasteiger charge is 2.27. The number of carbonyl (C=O) groups is 1. The van der Waals surface area contributed by atoms with Crippen LogP contribution in [0.15, 0.2) is 45.7 Å². The summed E-state index contributed by atoms with van der Waals surface area (Å²) in [4.78, 5) is 17.1. The maximum absolute atomic E-state index is 13.2. The summed E-state index contributed by atoms with van der Waals surface area (Å²) in [6, 6.07) is 10.9. The molecule has 0 saturated heterocycles. The fourth-order valence-electron chi connectivity index (χ4n) is 5.48. The molecule has 0 bridgehead atoms. The van der Waals surface area contributed by atoms with Crippen molar-refractivity contribution in [1.29, 1.82) is 0 Å². The third kappa shape index (κ3) is 6.68. The molecule has 0 radical (unpaired) electrons. The summed E-state index contributed by atoms with van der Waals surface area (Å²) >= 11 is 1.47. The minimum absolute atomic E-state index is 0.223. The first-order valence-electron chi connectivity index (χ1n) is 14.0. The van der Waals surface area contributed by atoms with Crippen LogP contribution >= 0.6 is 11.3 Å². The molecule has 0 unspecified atom stereocenters. The first-order chi connectivity index (χ1) is 19.6. The lowest BCUT2D eigenvalue weighted by molar-refractivity contribution is -0.140. The van der Waals surface area contributed by atoms with Crippen molar-refractivity contribution < 1.29 is 22.4 Å². The van der Waals surface area contributed by atoms with E-state index in [-0.39, 0.29) is 17.4 Å². The van der Waals surface area contributed by atoms with Gasteiger partial charge in [0, 0.05) is 17.0 Å². The number of thiazole rings is 1. The predicted molar refractivity (Wildman–Crippen MR) is 159 cm³/mol. The molecule has 1 N–H and O–H groups in total. The van der Waals surface area contributed by atoms with Crippen molar-refractivity contribution in [3.8, 4) is 21.3 Å². The van der Waals surface area contributed by atoms with E-state index in [4.69, 9.17) is 14.1 Å². The van der Waals surface area contributed by atoms with Crippen molar-refractivity contribution in [2.75, 3.05) is 0 Å². The van der Waals surface area contributed by atoms with Crippen molar-refractivity contribution >= 4 is 38.6 Å². The third-order valence-corrected chi connectivity index (χ3v) is 10.1. The third-order valence-electron chi connectivity index (χ3n) is 7.31. The number of nitrogens with zero attached hydrogens (tertiary/aromatic N) is 3. The van der Waals surface area contributed by atoms with Gasteiger partial charge in [-0.3, -0.25) is 4.79 Å². The number of hydrogen-bond acceptors (Lipinski definition) is 9. The molecule has 0 spiro atoms. The maximum atomic E-state index is 13.2. The second-order valence-corrected chi connectivity index (χ2v) is 14.3. The number of sulfonamides is 1. The Hall–Kier alpha value is -3.15. The summed E-state index contributed by atoms with van der Waals surface area (Å²) in [5, 5.41) is 10.6. The molecule has 0 amide bonds. The molecule has 1 aliphatic rings. The number of fused-ring (bicyclic) bond motifs is 1. The van der Waals surface area contributed by atoms with Gasteiger partial charge < -0.3 is 9.15 Å². The van der Waals surface area contributed by atoms with Crippen molar-refractivity contribution in [2.45, 2.75) is 89.2 Å². The zero-order chi connectivity index (χ0) is 29.2. The molecule has 0 atom stereocenters. The van der Waals surface area contributed by atoms with Crippen LogP contribution in [-0.2, 0) is 32.4 Å². The van der Waals surface area contributed by atoms with E-state index < -0.39 is 15.6 Å². The van der Waals surface area contributed by atoms with Crippen LogP contribution in [0.1, 0.15) is 71.4 Å². The maximum Gasteiger partial charge on any atom is 0.293 e. The van der Waals surface area contributed by atoms with Crippen LogP contribution in [0, 0.1) is 5.92 Å². The largest absolute Gasteiger partial charge is 0.461 e. The highest BCUT2D eigenvalue weighted by molar-refractivity contribution is 7.89. The Bertz CT molecular complexity index is 1640. The first-order valence-corrected chi connectivity index (χ1v) is 16.3. The molecule has 11 heteroatoms. The molecule has 1 aliphatic carbocycles. The number of hydrogen-bond donors (Lipinski definition) is 1. The van der Waals surface area contributed by atoms with E-state index in [0.29, 0.717) is 34.6 Å². The average Bonchev–Trinajstić information content (AvgIpc) is 3.54. The van der Waals surface area contributed by atoms with Crippen molar-refractivity contribution in [3.05, 3.63) is 48.0 Å². The molecule has 5 rings (SSSR count). The zero-order valence-corrected chi connectivity index (χ0v) is 25.5. The molecule has 2 aromatic heterocycles. The van der Waals surface area contributed by atoms with Crippen LogP contribution in [0.5, 0.6) is 0 Å². The second-order valence-electron chi connectivity index (χ2n) is 11.6. The highest BCUT2D eigenvalue weighted by atomic mass is 32.2. The number of nitrogens with one attached hydrogen (secondary N) is 1. The Morgan fingerprint density at radius 1 is 1.10 bits per heavy atom. The van der Waals surface area contributed by atoms with E-state index in [1.807, 2.05) is 44.2 Å². The van der Waals surface area contributed by atoms with E-state index >= 15 is 0 Å². The van der Waals surface area contributed by atoms with Gasteiger partial charge in [-0.05, 0) is 51.5 Å². The Labute approximate surface area is 244 Å². The van der Waals surface area contributed by atoms with E-state index in [0.717, 1.165) is 27.9 Å². The van der Waals surface area contributed by atoms with Crippen molar-refractivity contribution in [2.24, 2.45) is 5.92 Å². The minimum Gasteiger partial charge on any atom is -0.461 e. The summed E-state index contributed by atoms with van der Waals surface area (Å²) in [7, 11) is -3.70. The summed E-state index contributed by atoms with van der Waals surface area (Å²) in [5.41, 5.74) is 1.11. The average molecular weight is 597 g/mol. The van der Waals surface area contributed by atoms with Crippen LogP contribution < -0.4 is 4.72 Å². The molecule has 2 aromatic carbocycles. The van der Waals surface area contributed by atoms with Gasteiger partial charge in [0.05, 0.1) is 21.9 Å². The molecule has 218 valence electrons. The molecule has 9 nitrogen and oxygen atoms in total. The first kappa shape index (κ1) is 29.3. The van der Waals surface area contributed by atoms with Crippen LogP contribution in [0.4, 0.5) is 0 Å². The van der Waals surface area contributed by atoms with Gasteiger partial charge in [-0.25, -0.2) is 18.1 Å². The lowest BCUT2D eigenvalue weighted by Gasteiger charge is -2.21. The van der Waals surface area contributed by atoms with Crippen LogP contribution in [0.25, 0.3) is 32.1 Å². The second kappa shape index (κ2) is 12.0. The molecule has 1 saturated carbocycles. The molecule has 4 aromatic rings. The molecular formula is C30H36N4O5S2. The standard InChI is InChI=1S/C30H36N4O5S2/c1-19(2)34-41(36,37)25-15-14-23(21-12-8-9-13-22(21)25)27-24(16-20-10-6-5-7-11-20)31-29(40-27)28-33-32-26(39-28)17-30(3,4)38-18-35/h8-9,12-15,18-20,34H,5-7,10-11,16-17H2,1-4H3. The lowest BCUT2D eigenvalue weighted by atomic mass is 9.85. The van der Waals surface area contributed by atoms with Crippen LogP contribution in [0.3, 0.4) is 0 Å². The monoisotopic (exact) mass is 596 g/mol. The topological polar surface area (TPSA) is 124 Å². The van der Waals surface area contributed by atoms with Crippen molar-refractivity contribution in [1.82, 2.24) is 19.9 Å². The van der Waals surface area contributed by atoms with Crippen molar-refractivity contribution in [3.63, 3.8) is 0 Å². The van der Waals surface area contributed by atoms with Crippen LogP contribution in [-0.4, -0.2) is 41.7 Å². The molecule has 2 heterocycles. The van der Waals surface area contributed by atoms with Gasteiger partial charge in [0.2, 0.25) is 15.9 Å². The van der Waals surface area contributed by atoms with Gasteiger partial charge >= 0.3 is 0 Å². The Kier molecular flexibility index (Phi) is 8.58. The van der Waals surface area contributed by atoms with Gasteiger partial charge in [0.25, 0.3) is 12.4 Å². The van der Waals surface area contributed by atoms with Gasteiger partial charge in [0.15, 0.2) is 5.01 Å². The molecule has 41 heavy (non-hydrogen) atoms. The number of rotatable bonds is 11. The Morgan fingerprint density at radius 3 is 2.54 bits per heavy atom. The normalized spacial score (nSPS) is 15.0. The SMILES string of the molecule is CC(C)NS(=O)(=O)c1ccc(-c2sc(-c3nnc(CC(C)(C)OC=O)o3)nc2CC2CCCCC2)c2ccccc12. The Balaban J connectivity index is 1.59. The lowest BCUT2D eigenvalue weighted by Crippen LogP contribution is -2.30. The van der Waals surface area contributed by atoms with Gasteiger partial charge in [-0.15, -0.1) is 21.5 Å². The molecule has 1 fully saturated rings. The van der Waals surface area contributed by atoms with Crippen LogP contribution in [0.2, 0.25) is 0 Å². The van der Waals surface area contributed by atoms with Gasteiger partial charge in [-0.1, -0.05) is 62.4 Å². The highest BCUT2D eigenvalue weighted by Crippen LogP contribution is 2.42. The predicted octanol–water partition coefficient (Wildman–Crippen LogP) is 6.32. The summed E-state index contributed by atoms with van der Waals surface area (Å²) in [6.45, 7) is 7.59. The van der Waals surface area contributed by atoms with E-state index in [1.165, 1.54) is 43.4 Å². The number of carbonyl (C=O) groups excluding carboxylic acids is 1.